The highest BCUT2D eigenvalue weighted by Crippen LogP contribution is 2.15. The average Bonchev–Trinajstić information content (AvgIpc) is 2.40. The summed E-state index contributed by atoms with van der Waals surface area (Å²) in [5.74, 6) is 0.0117. The molecular weight excluding hydrogens is 282 g/mol. The van der Waals surface area contributed by atoms with E-state index >= 15 is 0 Å². The Bertz CT molecular complexity index is 493. The Kier molecular flexibility index (Phi) is 4.90. The van der Waals surface area contributed by atoms with Crippen LogP contribution in [0.15, 0.2) is 24.4 Å². The van der Waals surface area contributed by atoms with Crippen LogP contribution < -0.4 is 10.6 Å². The molecule has 2 aliphatic heterocycles. The molecule has 0 radical (unpaired) electrons. The van der Waals surface area contributed by atoms with Gasteiger partial charge in [0.1, 0.15) is 5.60 Å². The zero-order valence-electron chi connectivity index (χ0n) is 13.5. The Morgan fingerprint density at radius 2 is 2.23 bits per heavy atom. The largest absolute Gasteiger partial charge is 0.444 e. The van der Waals surface area contributed by atoms with Crippen molar-refractivity contribution in [3.05, 3.63) is 24.4 Å². The molecule has 22 heavy (non-hydrogen) atoms. The van der Waals surface area contributed by atoms with Crippen LogP contribution in [0, 0.1) is 0 Å². The molecule has 2 aliphatic rings. The monoisotopic (exact) mass is 307 g/mol. The predicted molar refractivity (Wildman–Crippen MR) is 84.2 cm³/mol. The first-order valence-corrected chi connectivity index (χ1v) is 7.64. The van der Waals surface area contributed by atoms with Crippen LogP contribution >= 0.6 is 0 Å². The maximum atomic E-state index is 12.1. The first-order valence-electron chi connectivity index (χ1n) is 7.64. The van der Waals surface area contributed by atoms with E-state index in [0.717, 1.165) is 6.42 Å². The normalized spacial score (nSPS) is 25.9. The van der Waals surface area contributed by atoms with E-state index in [9.17, 15) is 9.59 Å². The van der Waals surface area contributed by atoms with Crippen molar-refractivity contribution in [1.82, 2.24) is 15.5 Å². The highest BCUT2D eigenvalue weighted by atomic mass is 16.6. The summed E-state index contributed by atoms with van der Waals surface area (Å²) in [6, 6.07) is 0.0592. The van der Waals surface area contributed by atoms with Gasteiger partial charge in [-0.15, -0.1) is 0 Å². The fourth-order valence-electron chi connectivity index (χ4n) is 2.53. The molecule has 2 atom stereocenters. The maximum Gasteiger partial charge on any atom is 0.410 e. The molecule has 6 nitrogen and oxygen atoms in total. The second-order valence-corrected chi connectivity index (χ2v) is 6.75. The van der Waals surface area contributed by atoms with Crippen LogP contribution in [0.25, 0.3) is 0 Å². The van der Waals surface area contributed by atoms with Crippen LogP contribution in [-0.4, -0.2) is 47.7 Å². The molecule has 2 rings (SSSR count). The van der Waals surface area contributed by atoms with E-state index in [1.165, 1.54) is 0 Å². The van der Waals surface area contributed by atoms with E-state index < -0.39 is 5.60 Å². The van der Waals surface area contributed by atoms with Gasteiger partial charge >= 0.3 is 6.09 Å². The maximum absolute atomic E-state index is 12.1. The van der Waals surface area contributed by atoms with Crippen molar-refractivity contribution in [2.75, 3.05) is 13.1 Å². The number of nitrogens with one attached hydrogen (secondary N) is 2. The summed E-state index contributed by atoms with van der Waals surface area (Å²) in [6.45, 7) is 10.6. The number of carbonyl (C=O) groups is 2. The van der Waals surface area contributed by atoms with E-state index in [4.69, 9.17) is 4.74 Å². The molecule has 0 bridgehead atoms. The smallest absolute Gasteiger partial charge is 0.410 e. The third-order valence-corrected chi connectivity index (χ3v) is 3.56. The summed E-state index contributed by atoms with van der Waals surface area (Å²) < 4.78 is 5.40. The summed E-state index contributed by atoms with van der Waals surface area (Å²) in [5.41, 5.74) is 0.197. The first kappa shape index (κ1) is 16.5. The summed E-state index contributed by atoms with van der Waals surface area (Å²) in [5, 5.41) is 6.18. The molecule has 2 N–H and O–H groups in total. The molecule has 0 aromatic carbocycles. The van der Waals surface area contributed by atoms with Crippen LogP contribution in [0.1, 0.15) is 33.6 Å². The highest BCUT2D eigenvalue weighted by molar-refractivity contribution is 5.79. The van der Waals surface area contributed by atoms with Gasteiger partial charge in [0.15, 0.2) is 0 Å². The molecule has 2 heterocycles. The number of rotatable bonds is 2. The Labute approximate surface area is 131 Å². The predicted octanol–water partition coefficient (Wildman–Crippen LogP) is 1.54. The number of piperidine rings is 1. The zero-order chi connectivity index (χ0) is 16.3. The number of carbonyl (C=O) groups excluding carboxylic acids is 2. The van der Waals surface area contributed by atoms with Crippen molar-refractivity contribution >= 4 is 12.0 Å². The van der Waals surface area contributed by atoms with Crippen LogP contribution in [0.3, 0.4) is 0 Å². The topological polar surface area (TPSA) is 70.7 Å². The fraction of sp³-hybridized carbons (Fsp3) is 0.625. The SMILES string of the molecule is C=C1NC(=O)CCC1NC1C=CCN(C(=O)OC(C)(C)C)C1. The van der Waals surface area contributed by atoms with E-state index in [0.29, 0.717) is 25.2 Å². The van der Waals surface area contributed by atoms with Crippen LogP contribution in [-0.2, 0) is 9.53 Å². The van der Waals surface area contributed by atoms with Gasteiger partial charge in [-0.25, -0.2) is 4.79 Å². The van der Waals surface area contributed by atoms with Gasteiger partial charge in [-0.2, -0.15) is 0 Å². The van der Waals surface area contributed by atoms with Crippen molar-refractivity contribution in [1.29, 1.82) is 0 Å². The second kappa shape index (κ2) is 6.52. The molecule has 0 saturated carbocycles. The van der Waals surface area contributed by atoms with Crippen LogP contribution in [0.5, 0.6) is 0 Å². The lowest BCUT2D eigenvalue weighted by atomic mass is 10.0. The molecule has 1 saturated heterocycles. The number of hydrogen-bond donors (Lipinski definition) is 2. The quantitative estimate of drug-likeness (QED) is 0.759. The fourth-order valence-corrected chi connectivity index (χ4v) is 2.53. The van der Waals surface area contributed by atoms with Crippen LogP contribution in [0.4, 0.5) is 4.79 Å². The van der Waals surface area contributed by atoms with Crippen molar-refractivity contribution < 1.29 is 14.3 Å². The number of amides is 2. The first-order chi connectivity index (χ1) is 10.2. The molecule has 0 aromatic heterocycles. The number of ether oxygens (including phenoxy) is 1. The molecule has 0 aliphatic carbocycles. The minimum atomic E-state index is -0.497. The summed E-state index contributed by atoms with van der Waals surface area (Å²) in [4.78, 5) is 25.1. The Morgan fingerprint density at radius 1 is 1.50 bits per heavy atom. The van der Waals surface area contributed by atoms with Crippen molar-refractivity contribution in [2.24, 2.45) is 0 Å². The highest BCUT2D eigenvalue weighted by Gasteiger charge is 2.28. The Hall–Kier alpha value is -1.82. The molecule has 6 heteroatoms. The second-order valence-electron chi connectivity index (χ2n) is 6.75. The van der Waals surface area contributed by atoms with E-state index in [1.54, 1.807) is 4.90 Å². The van der Waals surface area contributed by atoms with E-state index in [-0.39, 0.29) is 24.1 Å². The molecule has 0 spiro atoms. The van der Waals surface area contributed by atoms with Gasteiger partial charge in [-0.3, -0.25) is 4.79 Å². The van der Waals surface area contributed by atoms with Crippen LogP contribution in [0.2, 0.25) is 0 Å². The summed E-state index contributed by atoms with van der Waals surface area (Å²) >= 11 is 0. The minimum absolute atomic E-state index is 0.0117. The number of hydrogen-bond acceptors (Lipinski definition) is 4. The standard InChI is InChI=1S/C16H25N3O3/c1-11-13(7-8-14(20)17-11)18-12-6-5-9-19(10-12)15(21)22-16(2,3)4/h5-6,12-13,18H,1,7-10H2,2-4H3,(H,17,20). The molecule has 1 fully saturated rings. The zero-order valence-corrected chi connectivity index (χ0v) is 13.5. The van der Waals surface area contributed by atoms with E-state index in [1.807, 2.05) is 32.9 Å². The summed E-state index contributed by atoms with van der Waals surface area (Å²) in [7, 11) is 0. The summed E-state index contributed by atoms with van der Waals surface area (Å²) in [6.07, 6.45) is 4.91. The van der Waals surface area contributed by atoms with Gasteiger partial charge in [0, 0.05) is 37.3 Å². The van der Waals surface area contributed by atoms with Gasteiger partial charge in [0.25, 0.3) is 0 Å². The van der Waals surface area contributed by atoms with Crippen molar-refractivity contribution in [3.8, 4) is 0 Å². The molecule has 2 amide bonds. The van der Waals surface area contributed by atoms with Gasteiger partial charge in [-0.1, -0.05) is 18.7 Å². The van der Waals surface area contributed by atoms with Gasteiger partial charge in [0.05, 0.1) is 0 Å². The van der Waals surface area contributed by atoms with Gasteiger partial charge in [-0.05, 0) is 27.2 Å². The number of nitrogens with zero attached hydrogens (tertiary/aromatic N) is 1. The third kappa shape index (κ3) is 4.59. The molecule has 2 unspecified atom stereocenters. The minimum Gasteiger partial charge on any atom is -0.444 e. The average molecular weight is 307 g/mol. The van der Waals surface area contributed by atoms with Crippen molar-refractivity contribution in [3.63, 3.8) is 0 Å². The molecule has 0 aromatic rings. The lowest BCUT2D eigenvalue weighted by molar-refractivity contribution is -0.121. The van der Waals surface area contributed by atoms with Crippen molar-refractivity contribution in [2.45, 2.75) is 51.3 Å². The Balaban J connectivity index is 1.90. The molecular formula is C16H25N3O3. The van der Waals surface area contributed by atoms with E-state index in [2.05, 4.69) is 17.2 Å². The van der Waals surface area contributed by atoms with Gasteiger partial charge in [0.2, 0.25) is 5.91 Å². The van der Waals surface area contributed by atoms with Gasteiger partial charge < -0.3 is 20.3 Å². The Morgan fingerprint density at radius 3 is 2.86 bits per heavy atom. The lowest BCUT2D eigenvalue weighted by Crippen LogP contribution is -2.52. The third-order valence-electron chi connectivity index (χ3n) is 3.56. The lowest BCUT2D eigenvalue weighted by Gasteiger charge is -2.34. The molecule has 122 valence electrons.